The number of nitrogens with one attached hydrogen (secondary N) is 1. The van der Waals surface area contributed by atoms with Crippen molar-refractivity contribution in [2.24, 2.45) is 0 Å². The van der Waals surface area contributed by atoms with E-state index in [1.807, 2.05) is 0 Å². The summed E-state index contributed by atoms with van der Waals surface area (Å²) < 4.78 is 38.3. The number of carbonyl (C=O) groups excluding carboxylic acids is 1. The van der Waals surface area contributed by atoms with Crippen LogP contribution in [0.2, 0.25) is 10.0 Å². The third kappa shape index (κ3) is 4.30. The van der Waals surface area contributed by atoms with Crippen molar-refractivity contribution < 1.29 is 18.0 Å². The van der Waals surface area contributed by atoms with Crippen molar-refractivity contribution in [3.8, 4) is 0 Å². The zero-order valence-electron chi connectivity index (χ0n) is 11.5. The van der Waals surface area contributed by atoms with Gasteiger partial charge in [0.1, 0.15) is 0 Å². The van der Waals surface area contributed by atoms with Crippen LogP contribution in [0.1, 0.15) is 21.5 Å². The number of hydrogen-bond donors (Lipinski definition) is 2. The van der Waals surface area contributed by atoms with Crippen LogP contribution in [0.4, 0.5) is 18.9 Å². The molecule has 2 aromatic rings. The molecule has 0 unspecified atom stereocenters. The van der Waals surface area contributed by atoms with Gasteiger partial charge in [0, 0.05) is 17.3 Å². The number of amides is 1. The van der Waals surface area contributed by atoms with Gasteiger partial charge in [-0.2, -0.15) is 13.2 Å². The largest absolute Gasteiger partial charge is 0.417 e. The van der Waals surface area contributed by atoms with Crippen molar-refractivity contribution in [2.45, 2.75) is 12.7 Å². The summed E-state index contributed by atoms with van der Waals surface area (Å²) in [5.74, 6) is -0.511. The van der Waals surface area contributed by atoms with Crippen LogP contribution in [0.25, 0.3) is 0 Å². The summed E-state index contributed by atoms with van der Waals surface area (Å²) in [6.07, 6.45) is -4.56. The van der Waals surface area contributed by atoms with Crippen LogP contribution in [0, 0.1) is 0 Å². The van der Waals surface area contributed by atoms with Gasteiger partial charge in [0.15, 0.2) is 0 Å². The summed E-state index contributed by atoms with van der Waals surface area (Å²) in [6, 6.07) is 7.80. The fourth-order valence-corrected chi connectivity index (χ4v) is 2.32. The monoisotopic (exact) mass is 362 g/mol. The Balaban J connectivity index is 2.13. The lowest BCUT2D eigenvalue weighted by Crippen LogP contribution is -2.24. The number of carbonyl (C=O) groups is 1. The Bertz CT molecular complexity index is 748. The highest BCUT2D eigenvalue weighted by Gasteiger charge is 2.33. The van der Waals surface area contributed by atoms with Crippen molar-refractivity contribution in [3.63, 3.8) is 0 Å². The highest BCUT2D eigenvalue weighted by molar-refractivity contribution is 6.31. The van der Waals surface area contributed by atoms with Crippen molar-refractivity contribution in [1.29, 1.82) is 0 Å². The predicted octanol–water partition coefficient (Wildman–Crippen LogP) is 4.52. The fourth-order valence-electron chi connectivity index (χ4n) is 1.92. The van der Waals surface area contributed by atoms with Crippen molar-refractivity contribution in [2.75, 3.05) is 5.73 Å². The molecule has 0 bridgehead atoms. The van der Waals surface area contributed by atoms with Crippen molar-refractivity contribution in [3.05, 3.63) is 63.1 Å². The lowest BCUT2D eigenvalue weighted by molar-refractivity contribution is -0.137. The molecule has 0 aliphatic rings. The number of nitrogens with two attached hydrogens (primary N) is 1. The second kappa shape index (κ2) is 6.68. The first-order valence-corrected chi connectivity index (χ1v) is 7.13. The first kappa shape index (κ1) is 17.4. The van der Waals surface area contributed by atoms with E-state index in [0.29, 0.717) is 5.02 Å². The second-order valence-corrected chi connectivity index (χ2v) is 5.57. The van der Waals surface area contributed by atoms with E-state index < -0.39 is 22.7 Å². The average molecular weight is 363 g/mol. The van der Waals surface area contributed by atoms with Crippen LogP contribution in [-0.4, -0.2) is 5.91 Å². The third-order valence-corrected chi connectivity index (χ3v) is 3.61. The molecule has 0 atom stereocenters. The Kier molecular flexibility index (Phi) is 5.06. The SMILES string of the molecule is Nc1cc(Cl)ccc1C(=O)NCc1ccc(Cl)c(C(F)(F)F)c1. The molecule has 1 amide bonds. The molecule has 0 heterocycles. The number of hydrogen-bond acceptors (Lipinski definition) is 2. The minimum absolute atomic E-state index is 0.0961. The Morgan fingerprint density at radius 3 is 2.43 bits per heavy atom. The maximum Gasteiger partial charge on any atom is 0.417 e. The quantitative estimate of drug-likeness (QED) is 0.788. The molecule has 122 valence electrons. The van der Waals surface area contributed by atoms with E-state index in [9.17, 15) is 18.0 Å². The van der Waals surface area contributed by atoms with Gasteiger partial charge in [-0.15, -0.1) is 0 Å². The first-order chi connectivity index (χ1) is 10.7. The van der Waals surface area contributed by atoms with E-state index in [1.54, 1.807) is 0 Å². The summed E-state index contributed by atoms with van der Waals surface area (Å²) in [5, 5.41) is 2.49. The Hall–Kier alpha value is -1.92. The molecule has 8 heteroatoms. The molecule has 2 aromatic carbocycles. The lowest BCUT2D eigenvalue weighted by atomic mass is 10.1. The van der Waals surface area contributed by atoms with Crippen LogP contribution in [-0.2, 0) is 12.7 Å². The molecule has 23 heavy (non-hydrogen) atoms. The minimum atomic E-state index is -4.56. The van der Waals surface area contributed by atoms with Gasteiger partial charge in [-0.25, -0.2) is 0 Å². The maximum atomic E-state index is 12.8. The van der Waals surface area contributed by atoms with Gasteiger partial charge in [-0.3, -0.25) is 4.79 Å². The van der Waals surface area contributed by atoms with Gasteiger partial charge in [-0.1, -0.05) is 29.3 Å². The Morgan fingerprint density at radius 1 is 1.13 bits per heavy atom. The van der Waals surface area contributed by atoms with Gasteiger partial charge in [0.05, 0.1) is 16.1 Å². The van der Waals surface area contributed by atoms with E-state index in [4.69, 9.17) is 28.9 Å². The van der Waals surface area contributed by atoms with E-state index >= 15 is 0 Å². The molecule has 3 N–H and O–H groups in total. The Morgan fingerprint density at radius 2 is 1.83 bits per heavy atom. The molecular formula is C15H11Cl2F3N2O. The normalized spacial score (nSPS) is 11.3. The van der Waals surface area contributed by atoms with E-state index in [2.05, 4.69) is 5.32 Å². The summed E-state index contributed by atoms with van der Waals surface area (Å²) in [7, 11) is 0. The maximum absolute atomic E-state index is 12.8. The summed E-state index contributed by atoms with van der Waals surface area (Å²) in [4.78, 5) is 12.0. The molecule has 0 saturated heterocycles. The number of nitrogen functional groups attached to an aromatic ring is 1. The minimum Gasteiger partial charge on any atom is -0.398 e. The first-order valence-electron chi connectivity index (χ1n) is 6.37. The number of halogens is 5. The topological polar surface area (TPSA) is 55.1 Å². The van der Waals surface area contributed by atoms with Gasteiger partial charge in [-0.05, 0) is 35.9 Å². The average Bonchev–Trinajstić information content (AvgIpc) is 2.44. The summed E-state index contributed by atoms with van der Waals surface area (Å²) >= 11 is 11.3. The lowest BCUT2D eigenvalue weighted by Gasteiger charge is -2.12. The summed E-state index contributed by atoms with van der Waals surface area (Å²) in [6.45, 7) is -0.0961. The molecule has 0 fully saturated rings. The van der Waals surface area contributed by atoms with Gasteiger partial charge in [0.25, 0.3) is 5.91 Å². The summed E-state index contributed by atoms with van der Waals surface area (Å²) in [5.41, 5.74) is 5.38. The van der Waals surface area contributed by atoms with Crippen LogP contribution >= 0.6 is 23.2 Å². The highest BCUT2D eigenvalue weighted by Crippen LogP contribution is 2.35. The van der Waals surface area contributed by atoms with Crippen molar-refractivity contribution >= 4 is 34.8 Å². The zero-order chi connectivity index (χ0) is 17.2. The van der Waals surface area contributed by atoms with Gasteiger partial charge in [0.2, 0.25) is 0 Å². The number of rotatable bonds is 3. The van der Waals surface area contributed by atoms with E-state index in [1.165, 1.54) is 24.3 Å². The fraction of sp³-hybridized carbons (Fsp3) is 0.133. The molecule has 0 radical (unpaired) electrons. The van der Waals surface area contributed by atoms with Gasteiger partial charge >= 0.3 is 6.18 Å². The third-order valence-electron chi connectivity index (χ3n) is 3.05. The molecular weight excluding hydrogens is 352 g/mol. The Labute approximate surface area is 140 Å². The highest BCUT2D eigenvalue weighted by atomic mass is 35.5. The molecule has 0 aliphatic carbocycles. The molecule has 2 rings (SSSR count). The van der Waals surface area contributed by atoms with Crippen LogP contribution in [0.5, 0.6) is 0 Å². The van der Waals surface area contributed by atoms with Crippen LogP contribution in [0.3, 0.4) is 0 Å². The van der Waals surface area contributed by atoms with Crippen molar-refractivity contribution in [1.82, 2.24) is 5.32 Å². The van der Waals surface area contributed by atoms with E-state index in [0.717, 1.165) is 12.1 Å². The molecule has 0 saturated carbocycles. The smallest absolute Gasteiger partial charge is 0.398 e. The molecule has 0 aromatic heterocycles. The molecule has 0 aliphatic heterocycles. The zero-order valence-corrected chi connectivity index (χ0v) is 13.1. The van der Waals surface area contributed by atoms with E-state index in [-0.39, 0.29) is 23.4 Å². The number of alkyl halides is 3. The number of benzene rings is 2. The molecule has 0 spiro atoms. The standard InChI is InChI=1S/C15H11Cl2F3N2O/c16-9-2-3-10(13(21)6-9)14(23)22-7-8-1-4-12(17)11(5-8)15(18,19)20/h1-6H,7,21H2,(H,22,23). The number of anilines is 1. The predicted molar refractivity (Wildman–Crippen MR) is 83.5 cm³/mol. The molecule has 3 nitrogen and oxygen atoms in total. The van der Waals surface area contributed by atoms with Crippen LogP contribution in [0.15, 0.2) is 36.4 Å². The van der Waals surface area contributed by atoms with Crippen LogP contribution < -0.4 is 11.1 Å². The van der Waals surface area contributed by atoms with Gasteiger partial charge < -0.3 is 11.1 Å². The second-order valence-electron chi connectivity index (χ2n) is 4.73.